The second kappa shape index (κ2) is 4.44. The van der Waals surface area contributed by atoms with E-state index in [2.05, 4.69) is 9.72 Å². The molecule has 0 aliphatic carbocycles. The molecule has 0 saturated carbocycles. The van der Waals surface area contributed by atoms with Gasteiger partial charge in [-0.2, -0.15) is 0 Å². The molecule has 0 atom stereocenters. The lowest BCUT2D eigenvalue weighted by atomic mass is 10.2. The molecule has 0 aliphatic heterocycles. The molecule has 1 rings (SSSR count). The summed E-state index contributed by atoms with van der Waals surface area (Å²) in [7, 11) is 0. The molecule has 3 nitrogen and oxygen atoms in total. The maximum Gasteiger partial charge on any atom is 0.293 e. The predicted octanol–water partition coefficient (Wildman–Crippen LogP) is 0.797. The Morgan fingerprint density at radius 1 is 1.64 bits per heavy atom. The van der Waals surface area contributed by atoms with E-state index < -0.39 is 0 Å². The normalized spacial score (nSPS) is 9.09. The van der Waals surface area contributed by atoms with Crippen molar-refractivity contribution in [2.45, 2.75) is 6.42 Å². The highest BCUT2D eigenvalue weighted by Gasteiger charge is 1.90. The van der Waals surface area contributed by atoms with Gasteiger partial charge in [0.05, 0.1) is 6.61 Å². The number of hydrogen-bond acceptors (Lipinski definition) is 3. The molecular formula is C8H9NO2. The fourth-order valence-corrected chi connectivity index (χ4v) is 0.771. The molecule has 0 spiro atoms. The van der Waals surface area contributed by atoms with E-state index in [0.29, 0.717) is 13.1 Å². The van der Waals surface area contributed by atoms with E-state index in [1.807, 2.05) is 12.1 Å². The molecule has 3 heteroatoms. The Labute approximate surface area is 65.0 Å². The van der Waals surface area contributed by atoms with Gasteiger partial charge in [-0.25, -0.2) is 0 Å². The molecule has 0 unspecified atom stereocenters. The van der Waals surface area contributed by atoms with E-state index >= 15 is 0 Å². The predicted molar refractivity (Wildman–Crippen MR) is 40.0 cm³/mol. The van der Waals surface area contributed by atoms with Crippen molar-refractivity contribution in [1.29, 1.82) is 0 Å². The fourth-order valence-electron chi connectivity index (χ4n) is 0.771. The lowest BCUT2D eigenvalue weighted by Gasteiger charge is -1.97. The van der Waals surface area contributed by atoms with Crippen LogP contribution in [0.25, 0.3) is 0 Å². The average Bonchev–Trinajstić information content (AvgIpc) is 2.07. The van der Waals surface area contributed by atoms with Crippen molar-refractivity contribution in [1.82, 2.24) is 4.98 Å². The molecule has 11 heavy (non-hydrogen) atoms. The molecule has 0 saturated heterocycles. The van der Waals surface area contributed by atoms with Gasteiger partial charge in [-0.3, -0.25) is 9.78 Å². The van der Waals surface area contributed by atoms with Crippen LogP contribution in [0.1, 0.15) is 5.56 Å². The van der Waals surface area contributed by atoms with E-state index in [4.69, 9.17) is 0 Å². The van der Waals surface area contributed by atoms with Crippen molar-refractivity contribution >= 4 is 6.47 Å². The van der Waals surface area contributed by atoms with Crippen LogP contribution in [0, 0.1) is 0 Å². The molecule has 1 aromatic rings. The standard InChI is InChI=1S/C8H9NO2/c10-7-11-5-3-8-2-1-4-9-6-8/h1-2,4,6-7H,3,5H2. The number of nitrogens with zero attached hydrogens (tertiary/aromatic N) is 1. The first-order chi connectivity index (χ1) is 5.43. The lowest BCUT2D eigenvalue weighted by molar-refractivity contribution is -0.128. The first kappa shape index (κ1) is 7.72. The van der Waals surface area contributed by atoms with E-state index in [1.165, 1.54) is 0 Å². The zero-order valence-corrected chi connectivity index (χ0v) is 6.06. The fraction of sp³-hybridized carbons (Fsp3) is 0.250. The number of ether oxygens (including phenoxy) is 1. The van der Waals surface area contributed by atoms with Gasteiger partial charge in [0, 0.05) is 18.8 Å². The van der Waals surface area contributed by atoms with Crippen LogP contribution in [0.2, 0.25) is 0 Å². The van der Waals surface area contributed by atoms with Gasteiger partial charge in [0.15, 0.2) is 0 Å². The second-order valence-corrected chi connectivity index (χ2v) is 2.08. The maximum absolute atomic E-state index is 9.76. The van der Waals surface area contributed by atoms with Gasteiger partial charge in [0.2, 0.25) is 0 Å². The molecule has 0 aliphatic rings. The maximum atomic E-state index is 9.76. The highest BCUT2D eigenvalue weighted by atomic mass is 16.5. The van der Waals surface area contributed by atoms with Gasteiger partial charge >= 0.3 is 0 Å². The van der Waals surface area contributed by atoms with Gasteiger partial charge in [-0.15, -0.1) is 0 Å². The van der Waals surface area contributed by atoms with Gasteiger partial charge in [0.25, 0.3) is 6.47 Å². The molecule has 1 heterocycles. The summed E-state index contributed by atoms with van der Waals surface area (Å²) in [6.07, 6.45) is 4.20. The van der Waals surface area contributed by atoms with E-state index in [9.17, 15) is 4.79 Å². The molecule has 0 radical (unpaired) electrons. The third kappa shape index (κ3) is 2.80. The summed E-state index contributed by atoms with van der Waals surface area (Å²) in [6.45, 7) is 0.881. The van der Waals surface area contributed by atoms with E-state index in [0.717, 1.165) is 12.0 Å². The lowest BCUT2D eigenvalue weighted by Crippen LogP contribution is -1.96. The van der Waals surface area contributed by atoms with Gasteiger partial charge in [0.1, 0.15) is 0 Å². The molecule has 0 N–H and O–H groups in total. The Morgan fingerprint density at radius 3 is 3.18 bits per heavy atom. The first-order valence-electron chi connectivity index (χ1n) is 3.37. The van der Waals surface area contributed by atoms with E-state index in [-0.39, 0.29) is 0 Å². The monoisotopic (exact) mass is 151 g/mol. The number of aromatic nitrogens is 1. The van der Waals surface area contributed by atoms with Crippen molar-refractivity contribution in [2.75, 3.05) is 6.61 Å². The molecular weight excluding hydrogens is 142 g/mol. The van der Waals surface area contributed by atoms with Crippen LogP contribution in [-0.2, 0) is 16.0 Å². The summed E-state index contributed by atoms with van der Waals surface area (Å²) in [5, 5.41) is 0. The number of carbonyl (C=O) groups excluding carboxylic acids is 1. The van der Waals surface area contributed by atoms with Crippen molar-refractivity contribution in [3.8, 4) is 0 Å². The number of hydrogen-bond donors (Lipinski definition) is 0. The average molecular weight is 151 g/mol. The molecule has 0 amide bonds. The topological polar surface area (TPSA) is 39.2 Å². The highest BCUT2D eigenvalue weighted by Crippen LogP contribution is 1.95. The Balaban J connectivity index is 2.33. The quantitative estimate of drug-likeness (QED) is 0.472. The first-order valence-corrected chi connectivity index (χ1v) is 3.37. The number of carbonyl (C=O) groups is 1. The van der Waals surface area contributed by atoms with Crippen LogP contribution in [0.4, 0.5) is 0 Å². The highest BCUT2D eigenvalue weighted by molar-refractivity contribution is 5.36. The molecule has 0 fully saturated rings. The van der Waals surface area contributed by atoms with Crippen LogP contribution in [0.15, 0.2) is 24.5 Å². The van der Waals surface area contributed by atoms with E-state index in [1.54, 1.807) is 12.4 Å². The van der Waals surface area contributed by atoms with Crippen LogP contribution >= 0.6 is 0 Å². The zero-order chi connectivity index (χ0) is 7.94. The zero-order valence-electron chi connectivity index (χ0n) is 6.06. The minimum atomic E-state index is 0.426. The third-order valence-corrected chi connectivity index (χ3v) is 1.30. The Hall–Kier alpha value is -1.38. The summed E-state index contributed by atoms with van der Waals surface area (Å²) in [5.74, 6) is 0. The van der Waals surface area contributed by atoms with Crippen molar-refractivity contribution in [3.63, 3.8) is 0 Å². The Bertz CT molecular complexity index is 211. The summed E-state index contributed by atoms with van der Waals surface area (Å²) < 4.78 is 4.53. The second-order valence-electron chi connectivity index (χ2n) is 2.08. The molecule has 0 aromatic carbocycles. The summed E-state index contributed by atoms with van der Waals surface area (Å²) in [4.78, 5) is 13.7. The minimum Gasteiger partial charge on any atom is -0.468 e. The molecule has 0 bridgehead atoms. The molecule has 58 valence electrons. The largest absolute Gasteiger partial charge is 0.468 e. The van der Waals surface area contributed by atoms with Crippen molar-refractivity contribution in [3.05, 3.63) is 30.1 Å². The number of rotatable bonds is 4. The Kier molecular flexibility index (Phi) is 3.12. The van der Waals surface area contributed by atoms with Gasteiger partial charge in [-0.05, 0) is 11.6 Å². The van der Waals surface area contributed by atoms with Gasteiger partial charge in [-0.1, -0.05) is 6.07 Å². The van der Waals surface area contributed by atoms with Crippen LogP contribution < -0.4 is 0 Å². The number of pyridine rings is 1. The van der Waals surface area contributed by atoms with Crippen LogP contribution in [0.5, 0.6) is 0 Å². The summed E-state index contributed by atoms with van der Waals surface area (Å²) in [6, 6.07) is 3.80. The Morgan fingerprint density at radius 2 is 2.55 bits per heavy atom. The minimum absolute atomic E-state index is 0.426. The van der Waals surface area contributed by atoms with Crippen molar-refractivity contribution < 1.29 is 9.53 Å². The smallest absolute Gasteiger partial charge is 0.293 e. The SMILES string of the molecule is O=COCCc1cccnc1. The molecule has 1 aromatic heterocycles. The summed E-state index contributed by atoms with van der Waals surface area (Å²) >= 11 is 0. The van der Waals surface area contributed by atoms with Gasteiger partial charge < -0.3 is 4.74 Å². The summed E-state index contributed by atoms with van der Waals surface area (Å²) in [5.41, 5.74) is 1.08. The van der Waals surface area contributed by atoms with Crippen LogP contribution in [0.3, 0.4) is 0 Å². The third-order valence-electron chi connectivity index (χ3n) is 1.30. The van der Waals surface area contributed by atoms with Crippen molar-refractivity contribution in [2.24, 2.45) is 0 Å². The van der Waals surface area contributed by atoms with Crippen LogP contribution in [-0.4, -0.2) is 18.1 Å².